The Balaban J connectivity index is 1.42. The summed E-state index contributed by atoms with van der Waals surface area (Å²) in [5, 5.41) is 0. The van der Waals surface area contributed by atoms with Gasteiger partial charge in [-0.3, -0.25) is 4.79 Å². The standard InChI is InChI=1S/C35H44N2O4/c1-27(22-28-12-7-5-8-13-28)26-37(35(38)31-24-32(39-2)34(41-4)33(25-31)40-3)19-11-18-36-20-16-30(17-21-36)23-29-14-9-6-10-15-29/h5-10,12-15,22,24-25,30H,11,16-21,23,26H2,1-4H3. The van der Waals surface area contributed by atoms with Crippen LogP contribution in [-0.2, 0) is 6.42 Å². The van der Waals surface area contributed by atoms with Crippen LogP contribution in [0, 0.1) is 5.92 Å². The molecule has 0 radical (unpaired) electrons. The molecule has 6 heteroatoms. The molecule has 1 fully saturated rings. The van der Waals surface area contributed by atoms with E-state index in [1.165, 1.54) is 24.8 Å². The van der Waals surface area contributed by atoms with Crippen LogP contribution in [0.15, 0.2) is 78.4 Å². The first-order chi connectivity index (χ1) is 20.0. The second-order valence-electron chi connectivity index (χ2n) is 10.9. The van der Waals surface area contributed by atoms with E-state index in [1.807, 2.05) is 23.1 Å². The van der Waals surface area contributed by atoms with Crippen molar-refractivity contribution in [3.8, 4) is 17.2 Å². The topological polar surface area (TPSA) is 51.2 Å². The molecule has 3 aromatic carbocycles. The average molecular weight is 557 g/mol. The van der Waals surface area contributed by atoms with Crippen molar-refractivity contribution in [3.63, 3.8) is 0 Å². The molecule has 0 atom stereocenters. The minimum atomic E-state index is -0.0494. The van der Waals surface area contributed by atoms with Crippen LogP contribution in [0.25, 0.3) is 6.08 Å². The SMILES string of the molecule is COc1cc(C(=O)N(CCCN2CCC(Cc3ccccc3)CC2)CC(C)=Cc2ccccc2)cc(OC)c1OC. The number of hydrogen-bond donors (Lipinski definition) is 0. The van der Waals surface area contributed by atoms with Crippen LogP contribution in [0.1, 0.15) is 47.7 Å². The molecule has 3 aromatic rings. The highest BCUT2D eigenvalue weighted by atomic mass is 16.5. The highest BCUT2D eigenvalue weighted by molar-refractivity contribution is 5.96. The first kappa shape index (κ1) is 30.2. The van der Waals surface area contributed by atoms with E-state index >= 15 is 0 Å². The maximum Gasteiger partial charge on any atom is 0.254 e. The van der Waals surface area contributed by atoms with Gasteiger partial charge >= 0.3 is 0 Å². The Morgan fingerprint density at radius 3 is 2.10 bits per heavy atom. The zero-order chi connectivity index (χ0) is 29.0. The predicted octanol–water partition coefficient (Wildman–Crippen LogP) is 6.60. The van der Waals surface area contributed by atoms with E-state index in [0.29, 0.717) is 35.9 Å². The lowest BCUT2D eigenvalue weighted by molar-refractivity contribution is 0.0758. The summed E-state index contributed by atoms with van der Waals surface area (Å²) in [5.74, 6) is 2.13. The van der Waals surface area contributed by atoms with Crippen LogP contribution < -0.4 is 14.2 Å². The highest BCUT2D eigenvalue weighted by Crippen LogP contribution is 2.38. The number of benzene rings is 3. The molecular weight excluding hydrogens is 512 g/mol. The van der Waals surface area contributed by atoms with Crippen LogP contribution in [0.3, 0.4) is 0 Å². The number of nitrogens with zero attached hydrogens (tertiary/aromatic N) is 2. The Bertz CT molecular complexity index is 1240. The molecule has 0 saturated carbocycles. The number of carbonyl (C=O) groups is 1. The summed E-state index contributed by atoms with van der Waals surface area (Å²) in [5.41, 5.74) is 4.21. The summed E-state index contributed by atoms with van der Waals surface area (Å²) < 4.78 is 16.5. The smallest absolute Gasteiger partial charge is 0.254 e. The first-order valence-electron chi connectivity index (χ1n) is 14.6. The molecule has 0 bridgehead atoms. The quantitative estimate of drug-likeness (QED) is 0.237. The largest absolute Gasteiger partial charge is 0.493 e. The predicted molar refractivity (Wildman–Crippen MR) is 166 cm³/mol. The molecule has 1 heterocycles. The number of carbonyl (C=O) groups excluding carboxylic acids is 1. The number of hydrogen-bond acceptors (Lipinski definition) is 5. The van der Waals surface area contributed by atoms with E-state index in [9.17, 15) is 4.79 Å². The first-order valence-corrected chi connectivity index (χ1v) is 14.6. The fourth-order valence-electron chi connectivity index (χ4n) is 5.67. The van der Waals surface area contributed by atoms with Gasteiger partial charge in [-0.15, -0.1) is 0 Å². The van der Waals surface area contributed by atoms with Crippen LogP contribution in [0.4, 0.5) is 0 Å². The summed E-state index contributed by atoms with van der Waals surface area (Å²) in [7, 11) is 4.70. The molecule has 41 heavy (non-hydrogen) atoms. The lowest BCUT2D eigenvalue weighted by Crippen LogP contribution is -2.38. The van der Waals surface area contributed by atoms with E-state index < -0.39 is 0 Å². The van der Waals surface area contributed by atoms with Gasteiger partial charge in [0.25, 0.3) is 5.91 Å². The molecule has 6 nitrogen and oxygen atoms in total. The molecule has 0 spiro atoms. The Kier molecular flexibility index (Phi) is 11.3. The van der Waals surface area contributed by atoms with E-state index in [1.54, 1.807) is 33.5 Å². The van der Waals surface area contributed by atoms with Crippen LogP contribution in [0.5, 0.6) is 17.2 Å². The lowest BCUT2D eigenvalue weighted by atomic mass is 9.90. The third kappa shape index (κ3) is 8.61. The van der Waals surface area contributed by atoms with Crippen molar-refractivity contribution in [3.05, 3.63) is 95.1 Å². The zero-order valence-corrected chi connectivity index (χ0v) is 25.0. The van der Waals surface area contributed by atoms with Gasteiger partial charge in [0, 0.05) is 18.7 Å². The van der Waals surface area contributed by atoms with Crippen molar-refractivity contribution in [1.29, 1.82) is 0 Å². The zero-order valence-electron chi connectivity index (χ0n) is 25.0. The van der Waals surface area contributed by atoms with Crippen LogP contribution >= 0.6 is 0 Å². The molecule has 0 aromatic heterocycles. The van der Waals surface area contributed by atoms with Gasteiger partial charge in [0.1, 0.15) is 0 Å². The van der Waals surface area contributed by atoms with Gasteiger partial charge in [0.15, 0.2) is 11.5 Å². The van der Waals surface area contributed by atoms with E-state index in [-0.39, 0.29) is 5.91 Å². The maximum atomic E-state index is 13.9. The fourth-order valence-corrected chi connectivity index (χ4v) is 5.67. The Labute approximate surface area is 245 Å². The van der Waals surface area contributed by atoms with Crippen molar-refractivity contribution < 1.29 is 19.0 Å². The van der Waals surface area contributed by atoms with Gasteiger partial charge in [-0.25, -0.2) is 0 Å². The normalized spacial score (nSPS) is 14.5. The monoisotopic (exact) mass is 556 g/mol. The third-order valence-electron chi connectivity index (χ3n) is 7.83. The van der Waals surface area contributed by atoms with Crippen LogP contribution in [0.2, 0.25) is 0 Å². The fraction of sp³-hybridized carbons (Fsp3) is 0.400. The number of rotatable bonds is 13. The molecular formula is C35H44N2O4. The van der Waals surface area contributed by atoms with Gasteiger partial charge in [-0.2, -0.15) is 0 Å². The molecule has 0 aliphatic carbocycles. The van der Waals surface area contributed by atoms with Gasteiger partial charge in [0.05, 0.1) is 21.3 Å². The molecule has 218 valence electrons. The van der Waals surface area contributed by atoms with Crippen molar-refractivity contribution in [2.45, 2.75) is 32.6 Å². The summed E-state index contributed by atoms with van der Waals surface area (Å²) in [6.07, 6.45) is 6.67. The van der Waals surface area contributed by atoms with Crippen molar-refractivity contribution >= 4 is 12.0 Å². The van der Waals surface area contributed by atoms with Crippen molar-refractivity contribution in [1.82, 2.24) is 9.80 Å². The summed E-state index contributed by atoms with van der Waals surface area (Å²) in [4.78, 5) is 18.4. The molecule has 1 aliphatic rings. The Hall–Kier alpha value is -3.77. The molecule has 0 unspecified atom stereocenters. The molecule has 4 rings (SSSR count). The number of amides is 1. The summed E-state index contributed by atoms with van der Waals surface area (Å²) in [6, 6.07) is 24.5. The van der Waals surface area contributed by atoms with Gasteiger partial charge < -0.3 is 24.0 Å². The minimum absolute atomic E-state index is 0.0494. The molecule has 0 N–H and O–H groups in total. The number of ether oxygens (including phenoxy) is 3. The van der Waals surface area contributed by atoms with Gasteiger partial charge in [-0.05, 0) is 81.4 Å². The lowest BCUT2D eigenvalue weighted by Gasteiger charge is -2.33. The van der Waals surface area contributed by atoms with Gasteiger partial charge in [0.2, 0.25) is 5.75 Å². The second-order valence-corrected chi connectivity index (χ2v) is 10.9. The second kappa shape index (κ2) is 15.3. The molecule has 1 aliphatic heterocycles. The molecule has 1 saturated heterocycles. The number of likely N-dealkylation sites (tertiary alicyclic amines) is 1. The Morgan fingerprint density at radius 2 is 1.51 bits per heavy atom. The van der Waals surface area contributed by atoms with E-state index in [4.69, 9.17) is 14.2 Å². The number of piperidine rings is 1. The maximum absolute atomic E-state index is 13.9. The minimum Gasteiger partial charge on any atom is -0.493 e. The van der Waals surface area contributed by atoms with Crippen molar-refractivity contribution in [2.75, 3.05) is 54.1 Å². The Morgan fingerprint density at radius 1 is 0.902 bits per heavy atom. The molecule has 1 amide bonds. The highest BCUT2D eigenvalue weighted by Gasteiger charge is 2.23. The van der Waals surface area contributed by atoms with Gasteiger partial charge in [-0.1, -0.05) is 72.3 Å². The average Bonchev–Trinajstić information content (AvgIpc) is 3.01. The summed E-state index contributed by atoms with van der Waals surface area (Å²) >= 11 is 0. The van der Waals surface area contributed by atoms with Crippen LogP contribution in [-0.4, -0.2) is 69.8 Å². The van der Waals surface area contributed by atoms with Crippen molar-refractivity contribution in [2.24, 2.45) is 5.92 Å². The van der Waals surface area contributed by atoms with E-state index in [2.05, 4.69) is 60.4 Å². The van der Waals surface area contributed by atoms with E-state index in [0.717, 1.165) is 43.1 Å². The summed E-state index contributed by atoms with van der Waals surface area (Å²) in [6.45, 7) is 6.51. The number of methoxy groups -OCH3 is 3. The third-order valence-corrected chi connectivity index (χ3v) is 7.83.